The van der Waals surface area contributed by atoms with Gasteiger partial charge in [0, 0.05) is 0 Å². The van der Waals surface area contributed by atoms with Crippen LogP contribution in [0.5, 0.6) is 11.5 Å². The SMILES string of the molecule is COc1cc([C@@H](NC(=O)C(NC(=O)OC(C)C)C(C)C)c2ccc(C)cc2)ccc1OCc1ccccc1. The number of ether oxygens (including phenoxy) is 3. The average molecular weight is 519 g/mol. The van der Waals surface area contributed by atoms with E-state index in [-0.39, 0.29) is 17.9 Å². The Morgan fingerprint density at radius 2 is 1.47 bits per heavy atom. The Morgan fingerprint density at radius 1 is 0.816 bits per heavy atom. The monoisotopic (exact) mass is 518 g/mol. The molecule has 0 heterocycles. The highest BCUT2D eigenvalue weighted by Gasteiger charge is 2.28. The van der Waals surface area contributed by atoms with Gasteiger partial charge in [0.05, 0.1) is 19.3 Å². The van der Waals surface area contributed by atoms with E-state index in [1.807, 2.05) is 93.6 Å². The molecule has 2 amide bonds. The largest absolute Gasteiger partial charge is 0.493 e. The number of aryl methyl sites for hydroxylation is 1. The summed E-state index contributed by atoms with van der Waals surface area (Å²) in [6.07, 6.45) is -0.913. The van der Waals surface area contributed by atoms with Crippen molar-refractivity contribution in [3.05, 3.63) is 95.1 Å². The molecule has 0 bridgehead atoms. The van der Waals surface area contributed by atoms with E-state index in [4.69, 9.17) is 14.2 Å². The number of benzene rings is 3. The Bertz CT molecular complexity index is 1190. The van der Waals surface area contributed by atoms with E-state index in [0.29, 0.717) is 18.1 Å². The molecule has 202 valence electrons. The van der Waals surface area contributed by atoms with Gasteiger partial charge in [-0.3, -0.25) is 4.79 Å². The van der Waals surface area contributed by atoms with Crippen molar-refractivity contribution in [2.75, 3.05) is 7.11 Å². The van der Waals surface area contributed by atoms with E-state index in [9.17, 15) is 9.59 Å². The third kappa shape index (κ3) is 8.00. The first-order valence-corrected chi connectivity index (χ1v) is 12.9. The number of rotatable bonds is 11. The molecule has 7 nitrogen and oxygen atoms in total. The number of hydrogen-bond acceptors (Lipinski definition) is 5. The normalized spacial score (nSPS) is 12.5. The Kier molecular flexibility index (Phi) is 10.2. The Labute approximate surface area is 225 Å². The molecule has 0 aliphatic carbocycles. The minimum atomic E-state index is -0.774. The summed E-state index contributed by atoms with van der Waals surface area (Å²) < 4.78 is 16.9. The summed E-state index contributed by atoms with van der Waals surface area (Å²) >= 11 is 0. The van der Waals surface area contributed by atoms with Gasteiger partial charge in [0.2, 0.25) is 5.91 Å². The lowest BCUT2D eigenvalue weighted by Gasteiger charge is -2.27. The van der Waals surface area contributed by atoms with E-state index in [2.05, 4.69) is 10.6 Å². The predicted octanol–water partition coefficient (Wildman–Crippen LogP) is 5.95. The highest BCUT2D eigenvalue weighted by atomic mass is 16.6. The summed E-state index contributed by atoms with van der Waals surface area (Å²) in [6.45, 7) is 9.70. The van der Waals surface area contributed by atoms with Crippen LogP contribution in [0.4, 0.5) is 4.79 Å². The minimum absolute atomic E-state index is 0.156. The quantitative estimate of drug-likeness (QED) is 0.328. The summed E-state index contributed by atoms with van der Waals surface area (Å²) in [6, 6.07) is 22.2. The first kappa shape index (κ1) is 28.6. The van der Waals surface area contributed by atoms with E-state index in [1.165, 1.54) is 0 Å². The fourth-order valence-electron chi connectivity index (χ4n) is 3.98. The molecule has 0 aliphatic heterocycles. The molecule has 0 aromatic heterocycles. The lowest BCUT2D eigenvalue weighted by Crippen LogP contribution is -2.51. The molecule has 3 aromatic rings. The van der Waals surface area contributed by atoms with E-state index < -0.39 is 18.2 Å². The lowest BCUT2D eigenvalue weighted by molar-refractivity contribution is -0.124. The standard InChI is InChI=1S/C31H38N2O5/c1-20(2)28(33-31(35)38-21(3)4)30(34)32-29(24-14-12-22(5)13-15-24)25-16-17-26(27(18-25)36-6)37-19-23-10-8-7-9-11-23/h7-18,20-21,28-29H,19H2,1-6H3,(H,32,34)(H,33,35)/t28?,29-/m0/s1. The number of nitrogens with one attached hydrogen (secondary N) is 2. The van der Waals surface area contributed by atoms with Gasteiger partial charge >= 0.3 is 6.09 Å². The van der Waals surface area contributed by atoms with E-state index in [1.54, 1.807) is 21.0 Å². The molecule has 0 aliphatic rings. The molecule has 7 heteroatoms. The van der Waals surface area contributed by atoms with Crippen LogP contribution in [0.3, 0.4) is 0 Å². The van der Waals surface area contributed by atoms with Crippen LogP contribution >= 0.6 is 0 Å². The van der Waals surface area contributed by atoms with Crippen LogP contribution in [0, 0.1) is 12.8 Å². The molecule has 1 unspecified atom stereocenters. The fourth-order valence-corrected chi connectivity index (χ4v) is 3.98. The molecule has 0 fully saturated rings. The predicted molar refractivity (Wildman–Crippen MR) is 148 cm³/mol. The van der Waals surface area contributed by atoms with Crippen molar-refractivity contribution < 1.29 is 23.8 Å². The maximum atomic E-state index is 13.5. The van der Waals surface area contributed by atoms with Gasteiger partial charge in [0.15, 0.2) is 11.5 Å². The molecule has 0 spiro atoms. The maximum absolute atomic E-state index is 13.5. The third-order valence-corrected chi connectivity index (χ3v) is 6.02. The zero-order valence-corrected chi connectivity index (χ0v) is 23.0. The fraction of sp³-hybridized carbons (Fsp3) is 0.355. The van der Waals surface area contributed by atoms with Crippen LogP contribution in [0.2, 0.25) is 0 Å². The summed E-state index contributed by atoms with van der Waals surface area (Å²) in [5.74, 6) is 0.697. The summed E-state index contributed by atoms with van der Waals surface area (Å²) in [4.78, 5) is 25.8. The van der Waals surface area contributed by atoms with Crippen LogP contribution in [0.1, 0.15) is 56.0 Å². The number of methoxy groups -OCH3 is 1. The second kappa shape index (κ2) is 13.5. The molecule has 0 radical (unpaired) electrons. The second-order valence-corrected chi connectivity index (χ2v) is 9.86. The Balaban J connectivity index is 1.88. The number of carbonyl (C=O) groups is 2. The number of carbonyl (C=O) groups excluding carboxylic acids is 2. The van der Waals surface area contributed by atoms with Crippen molar-refractivity contribution in [1.82, 2.24) is 10.6 Å². The van der Waals surface area contributed by atoms with Crippen molar-refractivity contribution in [1.29, 1.82) is 0 Å². The molecule has 2 atom stereocenters. The Morgan fingerprint density at radius 3 is 2.08 bits per heavy atom. The van der Waals surface area contributed by atoms with Crippen LogP contribution in [-0.2, 0) is 16.1 Å². The smallest absolute Gasteiger partial charge is 0.408 e. The van der Waals surface area contributed by atoms with Crippen LogP contribution in [0.15, 0.2) is 72.8 Å². The van der Waals surface area contributed by atoms with Gasteiger partial charge in [-0.15, -0.1) is 0 Å². The molecule has 38 heavy (non-hydrogen) atoms. The molecular formula is C31H38N2O5. The minimum Gasteiger partial charge on any atom is -0.493 e. The molecule has 0 saturated heterocycles. The van der Waals surface area contributed by atoms with E-state index >= 15 is 0 Å². The zero-order chi connectivity index (χ0) is 27.7. The van der Waals surface area contributed by atoms with Crippen LogP contribution < -0.4 is 20.1 Å². The van der Waals surface area contributed by atoms with Gasteiger partial charge in [-0.1, -0.05) is 80.1 Å². The van der Waals surface area contributed by atoms with E-state index in [0.717, 1.165) is 22.3 Å². The highest BCUT2D eigenvalue weighted by molar-refractivity contribution is 5.86. The number of hydrogen-bond donors (Lipinski definition) is 2. The average Bonchev–Trinajstić information content (AvgIpc) is 2.89. The third-order valence-electron chi connectivity index (χ3n) is 6.02. The first-order chi connectivity index (χ1) is 18.2. The lowest BCUT2D eigenvalue weighted by atomic mass is 9.96. The van der Waals surface area contributed by atoms with Gasteiger partial charge in [-0.2, -0.15) is 0 Å². The van der Waals surface area contributed by atoms with Gasteiger partial charge in [0.25, 0.3) is 0 Å². The summed E-state index contributed by atoms with van der Waals surface area (Å²) in [5, 5.41) is 5.84. The van der Waals surface area contributed by atoms with Gasteiger partial charge in [-0.25, -0.2) is 4.79 Å². The summed E-state index contributed by atoms with van der Waals surface area (Å²) in [7, 11) is 1.59. The summed E-state index contributed by atoms with van der Waals surface area (Å²) in [5.41, 5.74) is 3.88. The van der Waals surface area contributed by atoms with Crippen molar-refractivity contribution >= 4 is 12.0 Å². The van der Waals surface area contributed by atoms with Crippen molar-refractivity contribution in [2.24, 2.45) is 5.92 Å². The second-order valence-electron chi connectivity index (χ2n) is 9.86. The number of alkyl carbamates (subject to hydrolysis) is 1. The maximum Gasteiger partial charge on any atom is 0.408 e. The van der Waals surface area contributed by atoms with Crippen molar-refractivity contribution in [2.45, 2.75) is 59.4 Å². The molecule has 2 N–H and O–H groups in total. The Hall–Kier alpha value is -4.00. The highest BCUT2D eigenvalue weighted by Crippen LogP contribution is 2.33. The molecular weight excluding hydrogens is 480 g/mol. The zero-order valence-electron chi connectivity index (χ0n) is 23.0. The molecule has 3 aromatic carbocycles. The van der Waals surface area contributed by atoms with Crippen molar-refractivity contribution in [3.8, 4) is 11.5 Å². The van der Waals surface area contributed by atoms with Crippen molar-refractivity contribution in [3.63, 3.8) is 0 Å². The van der Waals surface area contributed by atoms with Crippen LogP contribution in [-0.4, -0.2) is 31.3 Å². The van der Waals surface area contributed by atoms with Gasteiger partial charge < -0.3 is 24.8 Å². The number of amides is 2. The van der Waals surface area contributed by atoms with Gasteiger partial charge in [-0.05, 0) is 55.5 Å². The molecule has 0 saturated carbocycles. The first-order valence-electron chi connectivity index (χ1n) is 12.9. The van der Waals surface area contributed by atoms with Crippen LogP contribution in [0.25, 0.3) is 0 Å². The molecule has 3 rings (SSSR count). The van der Waals surface area contributed by atoms with Gasteiger partial charge in [0.1, 0.15) is 12.6 Å². The topological polar surface area (TPSA) is 85.9 Å².